The van der Waals surface area contributed by atoms with E-state index in [0.29, 0.717) is 15.6 Å². The van der Waals surface area contributed by atoms with Crippen LogP contribution in [0.15, 0.2) is 57.9 Å². The highest BCUT2D eigenvalue weighted by molar-refractivity contribution is 9.10. The van der Waals surface area contributed by atoms with Gasteiger partial charge in [0.1, 0.15) is 0 Å². The van der Waals surface area contributed by atoms with Crippen LogP contribution in [-0.4, -0.2) is 11.1 Å². The van der Waals surface area contributed by atoms with E-state index in [1.165, 1.54) is 0 Å². The van der Waals surface area contributed by atoms with Crippen LogP contribution in [0.1, 0.15) is 5.56 Å². The minimum Gasteiger partial charge on any atom is -0.268 e. The summed E-state index contributed by atoms with van der Waals surface area (Å²) in [6.07, 6.45) is 1.71. The molecule has 0 radical (unpaired) electrons. The third kappa shape index (κ3) is 3.11. The highest BCUT2D eigenvalue weighted by atomic mass is 79.9. The lowest BCUT2D eigenvalue weighted by molar-refractivity contribution is -0.113. The summed E-state index contributed by atoms with van der Waals surface area (Å²) in [5.41, 5.74) is 1.34. The Morgan fingerprint density at radius 2 is 1.82 bits per heavy atom. The van der Waals surface area contributed by atoms with Crippen molar-refractivity contribution in [3.05, 3.63) is 68.5 Å². The molecule has 0 bridgehead atoms. The third-order valence-electron chi connectivity index (χ3n) is 3.03. The van der Waals surface area contributed by atoms with E-state index in [2.05, 4.69) is 15.9 Å². The van der Waals surface area contributed by atoms with Crippen LogP contribution in [-0.2, 0) is 4.79 Å². The maximum absolute atomic E-state index is 12.5. The predicted octanol–water partition coefficient (Wildman–Crippen LogP) is 5.34. The van der Waals surface area contributed by atoms with Gasteiger partial charge in [-0.2, -0.15) is 0 Å². The monoisotopic (exact) mass is 393 g/mol. The Morgan fingerprint density at radius 1 is 1.09 bits per heavy atom. The average molecular weight is 395 g/mol. The second kappa shape index (κ2) is 6.28. The maximum atomic E-state index is 12.5. The van der Waals surface area contributed by atoms with E-state index in [0.717, 1.165) is 26.7 Å². The smallest absolute Gasteiger partial charge is 0.268 e. The zero-order valence-corrected chi connectivity index (χ0v) is 14.3. The number of rotatable bonds is 2. The standard InChI is InChI=1S/C16H9BrClNO2S/c17-11-6-4-10(5-7-11)8-14-15(20)19(16(21)22-14)13-3-1-2-12(18)9-13/h1-9H/b14-8+. The summed E-state index contributed by atoms with van der Waals surface area (Å²) in [5.74, 6) is -0.333. The van der Waals surface area contributed by atoms with Crippen LogP contribution in [0.4, 0.5) is 10.5 Å². The number of thioether (sulfide) groups is 1. The minimum atomic E-state index is -0.333. The van der Waals surface area contributed by atoms with E-state index in [1.54, 1.807) is 30.3 Å². The van der Waals surface area contributed by atoms with Crippen molar-refractivity contribution in [2.45, 2.75) is 0 Å². The highest BCUT2D eigenvalue weighted by Gasteiger charge is 2.36. The zero-order valence-electron chi connectivity index (χ0n) is 11.1. The topological polar surface area (TPSA) is 37.4 Å². The Hall–Kier alpha value is -1.56. The number of hydrogen-bond acceptors (Lipinski definition) is 3. The number of carbonyl (C=O) groups excluding carboxylic acids is 2. The molecule has 3 rings (SSSR count). The van der Waals surface area contributed by atoms with E-state index in [9.17, 15) is 9.59 Å². The fraction of sp³-hybridized carbons (Fsp3) is 0. The number of nitrogens with zero attached hydrogens (tertiary/aromatic N) is 1. The second-order valence-corrected chi connectivity index (χ2v) is 6.89. The van der Waals surface area contributed by atoms with Gasteiger partial charge in [0.25, 0.3) is 11.1 Å². The van der Waals surface area contributed by atoms with Crippen LogP contribution >= 0.6 is 39.3 Å². The molecule has 0 aliphatic carbocycles. The molecule has 0 atom stereocenters. The number of halogens is 2. The maximum Gasteiger partial charge on any atom is 0.298 e. The molecule has 6 heteroatoms. The lowest BCUT2D eigenvalue weighted by atomic mass is 10.2. The molecule has 0 saturated carbocycles. The fourth-order valence-corrected chi connectivity index (χ4v) is 3.31. The van der Waals surface area contributed by atoms with Gasteiger partial charge in [0, 0.05) is 9.50 Å². The molecule has 22 heavy (non-hydrogen) atoms. The molecule has 1 aliphatic rings. The Labute approximate surface area is 145 Å². The minimum absolute atomic E-state index is 0.323. The largest absolute Gasteiger partial charge is 0.298 e. The van der Waals surface area contributed by atoms with Gasteiger partial charge in [0.2, 0.25) is 0 Å². The first kappa shape index (κ1) is 15.3. The van der Waals surface area contributed by atoms with Crippen molar-refractivity contribution in [3.63, 3.8) is 0 Å². The van der Waals surface area contributed by atoms with Crippen molar-refractivity contribution >= 4 is 62.2 Å². The molecule has 2 aromatic carbocycles. The molecule has 0 aromatic heterocycles. The highest BCUT2D eigenvalue weighted by Crippen LogP contribution is 2.36. The summed E-state index contributed by atoms with van der Waals surface area (Å²) in [5, 5.41) is 0.157. The van der Waals surface area contributed by atoms with Crippen molar-refractivity contribution in [1.82, 2.24) is 0 Å². The number of carbonyl (C=O) groups is 2. The molecule has 0 N–H and O–H groups in total. The van der Waals surface area contributed by atoms with Gasteiger partial charge in [-0.05, 0) is 53.7 Å². The number of anilines is 1. The lowest BCUT2D eigenvalue weighted by Gasteiger charge is -2.12. The van der Waals surface area contributed by atoms with E-state index in [4.69, 9.17) is 11.6 Å². The van der Waals surface area contributed by atoms with Gasteiger partial charge in [0.05, 0.1) is 10.6 Å². The Kier molecular flexibility index (Phi) is 4.38. The van der Waals surface area contributed by atoms with Crippen molar-refractivity contribution in [3.8, 4) is 0 Å². The Balaban J connectivity index is 1.93. The lowest BCUT2D eigenvalue weighted by Crippen LogP contribution is -2.27. The van der Waals surface area contributed by atoms with Gasteiger partial charge in [-0.15, -0.1) is 0 Å². The van der Waals surface area contributed by atoms with E-state index in [1.807, 2.05) is 24.3 Å². The van der Waals surface area contributed by atoms with Crippen LogP contribution in [0.25, 0.3) is 6.08 Å². The summed E-state index contributed by atoms with van der Waals surface area (Å²) >= 11 is 10.2. The molecule has 1 fully saturated rings. The fourth-order valence-electron chi connectivity index (χ4n) is 2.02. The molecule has 2 amide bonds. The molecule has 3 nitrogen and oxygen atoms in total. The molecule has 1 saturated heterocycles. The first-order chi connectivity index (χ1) is 10.5. The van der Waals surface area contributed by atoms with Gasteiger partial charge in [-0.3, -0.25) is 9.59 Å². The number of hydrogen-bond donors (Lipinski definition) is 0. The Morgan fingerprint density at radius 3 is 2.50 bits per heavy atom. The zero-order chi connectivity index (χ0) is 15.7. The SMILES string of the molecule is O=C1S/C(=C/c2ccc(Br)cc2)C(=O)N1c1cccc(Cl)c1. The van der Waals surface area contributed by atoms with Crippen LogP contribution < -0.4 is 4.90 Å². The first-order valence-electron chi connectivity index (χ1n) is 6.34. The predicted molar refractivity (Wildman–Crippen MR) is 94.0 cm³/mol. The number of benzene rings is 2. The van der Waals surface area contributed by atoms with Crippen molar-refractivity contribution in [2.24, 2.45) is 0 Å². The normalized spacial score (nSPS) is 16.6. The summed E-state index contributed by atoms with van der Waals surface area (Å²) in [7, 11) is 0. The van der Waals surface area contributed by atoms with Gasteiger partial charge < -0.3 is 0 Å². The van der Waals surface area contributed by atoms with Crippen LogP contribution in [0, 0.1) is 0 Å². The molecule has 1 aliphatic heterocycles. The quantitative estimate of drug-likeness (QED) is 0.645. The average Bonchev–Trinajstić information content (AvgIpc) is 2.76. The van der Waals surface area contributed by atoms with Crippen LogP contribution in [0.3, 0.4) is 0 Å². The number of amides is 2. The summed E-state index contributed by atoms with van der Waals surface area (Å²) in [6.45, 7) is 0. The summed E-state index contributed by atoms with van der Waals surface area (Å²) < 4.78 is 0.955. The van der Waals surface area contributed by atoms with E-state index in [-0.39, 0.29) is 11.1 Å². The molecular weight excluding hydrogens is 386 g/mol. The van der Waals surface area contributed by atoms with Gasteiger partial charge in [-0.25, -0.2) is 4.90 Å². The summed E-state index contributed by atoms with van der Waals surface area (Å²) in [6, 6.07) is 14.2. The van der Waals surface area contributed by atoms with Crippen LogP contribution in [0.2, 0.25) is 5.02 Å². The van der Waals surface area contributed by atoms with Crippen molar-refractivity contribution in [1.29, 1.82) is 0 Å². The van der Waals surface area contributed by atoms with Gasteiger partial charge >= 0.3 is 0 Å². The van der Waals surface area contributed by atoms with Gasteiger partial charge in [0.15, 0.2) is 0 Å². The van der Waals surface area contributed by atoms with Gasteiger partial charge in [-0.1, -0.05) is 45.7 Å². The first-order valence-corrected chi connectivity index (χ1v) is 8.32. The molecular formula is C16H9BrClNO2S. The molecule has 0 unspecified atom stereocenters. The molecule has 1 heterocycles. The molecule has 110 valence electrons. The van der Waals surface area contributed by atoms with Crippen LogP contribution in [0.5, 0.6) is 0 Å². The summed E-state index contributed by atoms with van der Waals surface area (Å²) in [4.78, 5) is 26.1. The van der Waals surface area contributed by atoms with Crippen molar-refractivity contribution in [2.75, 3.05) is 4.90 Å². The molecule has 0 spiro atoms. The second-order valence-electron chi connectivity index (χ2n) is 4.55. The van der Waals surface area contributed by atoms with E-state index < -0.39 is 0 Å². The molecule has 2 aromatic rings. The van der Waals surface area contributed by atoms with Crippen molar-refractivity contribution < 1.29 is 9.59 Å². The Bertz CT molecular complexity index is 789. The number of imide groups is 1. The third-order valence-corrected chi connectivity index (χ3v) is 4.66. The van der Waals surface area contributed by atoms with E-state index >= 15 is 0 Å².